The van der Waals surface area contributed by atoms with E-state index in [1.165, 1.54) is 6.26 Å². The molecule has 0 saturated carbocycles. The fraction of sp³-hybridized carbons (Fsp3) is 0.250. The monoisotopic (exact) mass is 204 g/mol. The van der Waals surface area contributed by atoms with Gasteiger partial charge in [0.25, 0.3) is 0 Å². The SMILES string of the molecule is Cc1cc(C(=O)c2ccoc2C)c(C)o1. The first-order valence-electron chi connectivity index (χ1n) is 4.75. The Labute approximate surface area is 87.7 Å². The van der Waals surface area contributed by atoms with Crippen molar-refractivity contribution in [2.75, 3.05) is 0 Å². The Morgan fingerprint density at radius 1 is 1.13 bits per heavy atom. The number of ketones is 1. The van der Waals surface area contributed by atoms with E-state index in [2.05, 4.69) is 0 Å². The van der Waals surface area contributed by atoms with Crippen LogP contribution in [-0.2, 0) is 0 Å². The van der Waals surface area contributed by atoms with Crippen LogP contribution in [0, 0.1) is 20.8 Å². The molecular formula is C12H12O3. The van der Waals surface area contributed by atoms with E-state index in [0.717, 1.165) is 5.76 Å². The fourth-order valence-corrected chi connectivity index (χ4v) is 1.62. The maximum atomic E-state index is 12.0. The lowest BCUT2D eigenvalue weighted by Gasteiger charge is -1.96. The van der Waals surface area contributed by atoms with Gasteiger partial charge in [-0.05, 0) is 32.9 Å². The van der Waals surface area contributed by atoms with Gasteiger partial charge in [0.1, 0.15) is 17.3 Å². The molecule has 0 aromatic carbocycles. The molecule has 78 valence electrons. The van der Waals surface area contributed by atoms with Crippen molar-refractivity contribution >= 4 is 5.78 Å². The minimum absolute atomic E-state index is 0.0457. The number of hydrogen-bond acceptors (Lipinski definition) is 3. The van der Waals surface area contributed by atoms with Crippen molar-refractivity contribution in [2.45, 2.75) is 20.8 Å². The lowest BCUT2D eigenvalue weighted by atomic mass is 10.0. The highest BCUT2D eigenvalue weighted by atomic mass is 16.3. The summed E-state index contributed by atoms with van der Waals surface area (Å²) in [5, 5.41) is 0. The summed E-state index contributed by atoms with van der Waals surface area (Å²) in [4.78, 5) is 12.0. The average molecular weight is 204 g/mol. The molecule has 0 bridgehead atoms. The molecule has 0 unspecified atom stereocenters. The van der Waals surface area contributed by atoms with Gasteiger partial charge in [0, 0.05) is 0 Å². The largest absolute Gasteiger partial charge is 0.469 e. The molecule has 0 atom stereocenters. The number of hydrogen-bond donors (Lipinski definition) is 0. The topological polar surface area (TPSA) is 43.4 Å². The normalized spacial score (nSPS) is 10.6. The number of aryl methyl sites for hydroxylation is 3. The van der Waals surface area contributed by atoms with Crippen LogP contribution in [0.25, 0.3) is 0 Å². The van der Waals surface area contributed by atoms with Crippen LogP contribution in [0.2, 0.25) is 0 Å². The van der Waals surface area contributed by atoms with Crippen LogP contribution in [0.3, 0.4) is 0 Å². The molecule has 3 heteroatoms. The van der Waals surface area contributed by atoms with Crippen molar-refractivity contribution in [3.8, 4) is 0 Å². The van der Waals surface area contributed by atoms with Crippen molar-refractivity contribution in [3.63, 3.8) is 0 Å². The Bertz CT molecular complexity index is 503. The third-order valence-corrected chi connectivity index (χ3v) is 2.39. The maximum absolute atomic E-state index is 12.0. The molecule has 0 saturated heterocycles. The summed E-state index contributed by atoms with van der Waals surface area (Å²) in [6.07, 6.45) is 1.52. The van der Waals surface area contributed by atoms with Gasteiger partial charge in [-0.15, -0.1) is 0 Å². The predicted molar refractivity (Wildman–Crippen MR) is 55.1 cm³/mol. The van der Waals surface area contributed by atoms with Crippen molar-refractivity contribution < 1.29 is 13.6 Å². The Kier molecular flexibility index (Phi) is 2.23. The van der Waals surface area contributed by atoms with Crippen molar-refractivity contribution in [2.24, 2.45) is 0 Å². The highest BCUT2D eigenvalue weighted by Gasteiger charge is 2.18. The molecule has 0 N–H and O–H groups in total. The minimum Gasteiger partial charge on any atom is -0.469 e. The standard InChI is InChI=1S/C12H12O3/c1-7-6-11(9(3)15-7)12(13)10-4-5-14-8(10)2/h4-6H,1-3H3. The molecule has 2 rings (SSSR count). The highest BCUT2D eigenvalue weighted by Crippen LogP contribution is 2.20. The zero-order valence-electron chi connectivity index (χ0n) is 8.96. The summed E-state index contributed by atoms with van der Waals surface area (Å²) < 4.78 is 10.4. The molecule has 0 fully saturated rings. The zero-order chi connectivity index (χ0) is 11.0. The van der Waals surface area contributed by atoms with Crippen LogP contribution in [0.4, 0.5) is 0 Å². The Morgan fingerprint density at radius 2 is 1.87 bits per heavy atom. The van der Waals surface area contributed by atoms with Crippen molar-refractivity contribution in [3.05, 3.63) is 46.8 Å². The van der Waals surface area contributed by atoms with Gasteiger partial charge in [-0.25, -0.2) is 0 Å². The molecule has 0 aliphatic rings. The predicted octanol–water partition coefficient (Wildman–Crippen LogP) is 3.03. The van der Waals surface area contributed by atoms with Crippen molar-refractivity contribution in [1.82, 2.24) is 0 Å². The van der Waals surface area contributed by atoms with E-state index in [0.29, 0.717) is 22.6 Å². The number of carbonyl (C=O) groups is 1. The Balaban J connectivity index is 2.45. The fourth-order valence-electron chi connectivity index (χ4n) is 1.62. The first kappa shape index (κ1) is 9.77. The van der Waals surface area contributed by atoms with E-state index in [-0.39, 0.29) is 5.78 Å². The van der Waals surface area contributed by atoms with E-state index in [1.54, 1.807) is 26.0 Å². The summed E-state index contributed by atoms with van der Waals surface area (Å²) in [5.74, 6) is 1.99. The van der Waals surface area contributed by atoms with Gasteiger partial charge >= 0.3 is 0 Å². The Hall–Kier alpha value is -1.77. The molecule has 2 aromatic heterocycles. The second kappa shape index (κ2) is 3.42. The highest BCUT2D eigenvalue weighted by molar-refractivity contribution is 6.10. The second-order valence-corrected chi connectivity index (χ2v) is 3.55. The summed E-state index contributed by atoms with van der Waals surface area (Å²) in [6, 6.07) is 3.43. The summed E-state index contributed by atoms with van der Waals surface area (Å²) in [6.45, 7) is 5.39. The smallest absolute Gasteiger partial charge is 0.200 e. The molecule has 15 heavy (non-hydrogen) atoms. The van der Waals surface area contributed by atoms with Crippen molar-refractivity contribution in [1.29, 1.82) is 0 Å². The van der Waals surface area contributed by atoms with Gasteiger partial charge in [0.15, 0.2) is 5.78 Å². The third kappa shape index (κ3) is 1.61. The summed E-state index contributed by atoms with van der Waals surface area (Å²) >= 11 is 0. The molecule has 2 aromatic rings. The van der Waals surface area contributed by atoms with Gasteiger partial charge < -0.3 is 8.83 Å². The first-order chi connectivity index (χ1) is 7.09. The molecule has 2 heterocycles. The van der Waals surface area contributed by atoms with Crippen LogP contribution < -0.4 is 0 Å². The minimum atomic E-state index is -0.0457. The first-order valence-corrected chi connectivity index (χ1v) is 4.75. The lowest BCUT2D eigenvalue weighted by Crippen LogP contribution is -2.01. The van der Waals surface area contributed by atoms with E-state index >= 15 is 0 Å². The molecule has 0 aliphatic carbocycles. The number of rotatable bonds is 2. The van der Waals surface area contributed by atoms with Crippen LogP contribution in [0.1, 0.15) is 33.2 Å². The van der Waals surface area contributed by atoms with Crippen LogP contribution in [0.5, 0.6) is 0 Å². The Morgan fingerprint density at radius 3 is 2.33 bits per heavy atom. The third-order valence-electron chi connectivity index (χ3n) is 2.39. The summed E-state index contributed by atoms with van der Waals surface area (Å²) in [5.41, 5.74) is 1.20. The molecule has 0 spiro atoms. The van der Waals surface area contributed by atoms with Crippen LogP contribution >= 0.6 is 0 Å². The summed E-state index contributed by atoms with van der Waals surface area (Å²) in [7, 11) is 0. The van der Waals surface area contributed by atoms with E-state index < -0.39 is 0 Å². The van der Waals surface area contributed by atoms with E-state index in [4.69, 9.17) is 8.83 Å². The van der Waals surface area contributed by atoms with Gasteiger partial charge in [0.05, 0.1) is 17.4 Å². The number of furan rings is 2. The zero-order valence-corrected chi connectivity index (χ0v) is 8.96. The molecule has 3 nitrogen and oxygen atoms in total. The average Bonchev–Trinajstić information content (AvgIpc) is 2.71. The van der Waals surface area contributed by atoms with Crippen LogP contribution in [-0.4, -0.2) is 5.78 Å². The molecule has 0 amide bonds. The van der Waals surface area contributed by atoms with Gasteiger partial charge in [-0.1, -0.05) is 0 Å². The lowest BCUT2D eigenvalue weighted by molar-refractivity contribution is 0.103. The molecular weight excluding hydrogens is 192 g/mol. The van der Waals surface area contributed by atoms with E-state index in [9.17, 15) is 4.79 Å². The number of carbonyl (C=O) groups excluding carboxylic acids is 1. The second-order valence-electron chi connectivity index (χ2n) is 3.55. The maximum Gasteiger partial charge on any atom is 0.200 e. The van der Waals surface area contributed by atoms with Gasteiger partial charge in [-0.2, -0.15) is 0 Å². The molecule has 0 radical (unpaired) electrons. The van der Waals surface area contributed by atoms with E-state index in [1.807, 2.05) is 6.92 Å². The van der Waals surface area contributed by atoms with Gasteiger partial charge in [0.2, 0.25) is 0 Å². The van der Waals surface area contributed by atoms with Gasteiger partial charge in [-0.3, -0.25) is 4.79 Å². The van der Waals surface area contributed by atoms with Crippen LogP contribution in [0.15, 0.2) is 27.2 Å². The molecule has 0 aliphatic heterocycles. The quantitative estimate of drug-likeness (QED) is 0.706.